The number of unbranched alkanes of at least 4 members (excludes halogenated alkanes) is 1. The first-order chi connectivity index (χ1) is 11.0. The molecule has 0 saturated carbocycles. The number of hydrogen-bond donors (Lipinski definition) is 2. The summed E-state index contributed by atoms with van der Waals surface area (Å²) in [5, 5.41) is 5.35. The summed E-state index contributed by atoms with van der Waals surface area (Å²) in [6.45, 7) is 6.69. The molecule has 23 heavy (non-hydrogen) atoms. The van der Waals surface area contributed by atoms with E-state index in [0.717, 1.165) is 12.8 Å². The van der Waals surface area contributed by atoms with E-state index >= 15 is 0 Å². The Balaban J connectivity index is 2.57. The van der Waals surface area contributed by atoms with Crippen LogP contribution in [0.4, 0.5) is 10.5 Å². The topological polar surface area (TPSA) is 76.7 Å². The van der Waals surface area contributed by atoms with Gasteiger partial charge in [0.15, 0.2) is 0 Å². The van der Waals surface area contributed by atoms with Gasteiger partial charge in [-0.15, -0.1) is 0 Å². The fourth-order valence-electron chi connectivity index (χ4n) is 1.78. The van der Waals surface area contributed by atoms with Crippen molar-refractivity contribution in [3.05, 3.63) is 36.1 Å². The Morgan fingerprint density at radius 3 is 2.74 bits per heavy atom. The van der Waals surface area contributed by atoms with E-state index < -0.39 is 6.09 Å². The maximum Gasteiger partial charge on any atom is 0.412 e. The molecule has 0 spiro atoms. The van der Waals surface area contributed by atoms with Gasteiger partial charge in [-0.2, -0.15) is 0 Å². The van der Waals surface area contributed by atoms with E-state index in [2.05, 4.69) is 10.6 Å². The van der Waals surface area contributed by atoms with Crippen LogP contribution in [0.25, 0.3) is 0 Å². The fraction of sp³-hybridized carbons (Fsp3) is 0.412. The van der Waals surface area contributed by atoms with Gasteiger partial charge < -0.3 is 20.1 Å². The fourth-order valence-corrected chi connectivity index (χ4v) is 1.78. The second-order valence-electron chi connectivity index (χ2n) is 4.87. The third-order valence-corrected chi connectivity index (χ3v) is 2.82. The van der Waals surface area contributed by atoms with Gasteiger partial charge in [-0.3, -0.25) is 4.79 Å². The van der Waals surface area contributed by atoms with Crippen molar-refractivity contribution >= 4 is 17.7 Å². The maximum atomic E-state index is 11.8. The van der Waals surface area contributed by atoms with Crippen molar-refractivity contribution in [2.75, 3.05) is 18.5 Å². The highest BCUT2D eigenvalue weighted by atomic mass is 16.6. The smallest absolute Gasteiger partial charge is 0.412 e. The van der Waals surface area contributed by atoms with Gasteiger partial charge in [0.1, 0.15) is 5.75 Å². The third kappa shape index (κ3) is 7.90. The van der Waals surface area contributed by atoms with Gasteiger partial charge in [0.2, 0.25) is 0 Å². The van der Waals surface area contributed by atoms with Crippen molar-refractivity contribution in [2.24, 2.45) is 0 Å². The lowest BCUT2D eigenvalue weighted by molar-refractivity contribution is -0.112. The van der Waals surface area contributed by atoms with Gasteiger partial charge in [-0.05, 0) is 32.4 Å². The van der Waals surface area contributed by atoms with Gasteiger partial charge in [-0.25, -0.2) is 4.79 Å². The molecule has 6 nitrogen and oxygen atoms in total. The van der Waals surface area contributed by atoms with Crippen molar-refractivity contribution in [3.8, 4) is 5.75 Å². The molecular formula is C17H24N2O4. The van der Waals surface area contributed by atoms with Gasteiger partial charge in [0.05, 0.1) is 12.4 Å². The molecule has 6 heteroatoms. The van der Waals surface area contributed by atoms with Crippen LogP contribution in [0.1, 0.15) is 33.6 Å². The lowest BCUT2D eigenvalue weighted by atomic mass is 10.3. The summed E-state index contributed by atoms with van der Waals surface area (Å²) in [6.07, 6.45) is 2.76. The van der Waals surface area contributed by atoms with Crippen LogP contribution in [0.2, 0.25) is 0 Å². The van der Waals surface area contributed by atoms with Crippen LogP contribution in [-0.2, 0) is 9.53 Å². The first-order valence-corrected chi connectivity index (χ1v) is 7.73. The van der Waals surface area contributed by atoms with E-state index in [4.69, 9.17) is 9.47 Å². The van der Waals surface area contributed by atoms with Crippen LogP contribution in [0.3, 0.4) is 0 Å². The lowest BCUT2D eigenvalue weighted by Gasteiger charge is -2.08. The number of amides is 2. The van der Waals surface area contributed by atoms with E-state index in [1.54, 1.807) is 31.2 Å². The molecule has 1 aromatic carbocycles. The number of ether oxygens (including phenoxy) is 2. The second-order valence-corrected chi connectivity index (χ2v) is 4.87. The number of carbonyl (C=O) groups is 2. The molecule has 0 radical (unpaired) electrons. The van der Waals surface area contributed by atoms with Crippen molar-refractivity contribution in [1.29, 1.82) is 0 Å². The Labute approximate surface area is 136 Å². The van der Waals surface area contributed by atoms with Gasteiger partial charge in [0.25, 0.3) is 5.91 Å². The van der Waals surface area contributed by atoms with Gasteiger partial charge in [-0.1, -0.05) is 19.4 Å². The standard InChI is InChI=1S/C17H24N2O4/c1-4-6-10-18-17(21)23-15-9-7-8-14(12-15)19-16(20)11-13(3)22-5-2/h7-9,11-12H,4-6,10H2,1-3H3,(H,18,21)(H,19,20). The van der Waals surface area contributed by atoms with Crippen molar-refractivity contribution in [1.82, 2.24) is 5.32 Å². The molecule has 2 amide bonds. The number of carbonyl (C=O) groups excluding carboxylic acids is 2. The van der Waals surface area contributed by atoms with Crippen molar-refractivity contribution in [2.45, 2.75) is 33.6 Å². The highest BCUT2D eigenvalue weighted by Gasteiger charge is 2.06. The summed E-state index contributed by atoms with van der Waals surface area (Å²) in [5.41, 5.74) is 0.536. The summed E-state index contributed by atoms with van der Waals surface area (Å²) in [5.74, 6) is 0.593. The van der Waals surface area contributed by atoms with Crippen LogP contribution in [0.5, 0.6) is 5.75 Å². The van der Waals surface area contributed by atoms with Crippen LogP contribution in [0.15, 0.2) is 36.1 Å². The number of hydrogen-bond acceptors (Lipinski definition) is 4. The lowest BCUT2D eigenvalue weighted by Crippen LogP contribution is -2.27. The molecule has 0 heterocycles. The number of anilines is 1. The molecule has 2 N–H and O–H groups in total. The summed E-state index contributed by atoms with van der Waals surface area (Å²) < 4.78 is 10.4. The second kappa shape index (κ2) is 10.3. The van der Waals surface area contributed by atoms with Crippen molar-refractivity contribution < 1.29 is 19.1 Å². The maximum absolute atomic E-state index is 11.8. The van der Waals surface area contributed by atoms with Crippen LogP contribution in [0, 0.1) is 0 Å². The molecule has 0 saturated heterocycles. The molecule has 0 aliphatic carbocycles. The highest BCUT2D eigenvalue weighted by Crippen LogP contribution is 2.17. The van der Waals surface area contributed by atoms with Crippen LogP contribution < -0.4 is 15.4 Å². The Morgan fingerprint density at radius 1 is 1.26 bits per heavy atom. The van der Waals surface area contributed by atoms with E-state index in [1.807, 2.05) is 13.8 Å². The minimum Gasteiger partial charge on any atom is -0.498 e. The molecule has 0 aliphatic heterocycles. The molecule has 1 aromatic rings. The molecule has 0 fully saturated rings. The molecule has 0 aliphatic rings. The summed E-state index contributed by atoms with van der Waals surface area (Å²) in [6, 6.07) is 6.64. The molecule has 0 unspecified atom stereocenters. The molecule has 0 bridgehead atoms. The van der Waals surface area contributed by atoms with Crippen molar-refractivity contribution in [3.63, 3.8) is 0 Å². The molecule has 126 valence electrons. The minimum absolute atomic E-state index is 0.305. The molecule has 0 aromatic heterocycles. The van der Waals surface area contributed by atoms with Gasteiger partial charge >= 0.3 is 6.09 Å². The summed E-state index contributed by atoms with van der Waals surface area (Å²) in [4.78, 5) is 23.4. The zero-order valence-electron chi connectivity index (χ0n) is 13.8. The predicted molar refractivity (Wildman–Crippen MR) is 89.4 cm³/mol. The number of rotatable bonds is 8. The van der Waals surface area contributed by atoms with E-state index in [1.165, 1.54) is 6.08 Å². The Kier molecular flexibility index (Phi) is 8.28. The SMILES string of the molecule is CCCCNC(=O)Oc1cccc(NC(=O)C=C(C)OCC)c1. The average Bonchev–Trinajstić information content (AvgIpc) is 2.47. The Morgan fingerprint density at radius 2 is 2.04 bits per heavy atom. The molecule has 1 rings (SSSR count). The summed E-state index contributed by atoms with van der Waals surface area (Å²) >= 11 is 0. The normalized spacial score (nSPS) is 10.8. The largest absolute Gasteiger partial charge is 0.498 e. The highest BCUT2D eigenvalue weighted by molar-refractivity contribution is 5.99. The van der Waals surface area contributed by atoms with E-state index in [-0.39, 0.29) is 5.91 Å². The van der Waals surface area contributed by atoms with Crippen LogP contribution >= 0.6 is 0 Å². The first kappa shape index (κ1) is 18.5. The van der Waals surface area contributed by atoms with Crippen LogP contribution in [-0.4, -0.2) is 25.2 Å². The quantitative estimate of drug-likeness (QED) is 0.437. The molecule has 0 atom stereocenters. The number of nitrogens with one attached hydrogen (secondary N) is 2. The van der Waals surface area contributed by atoms with E-state index in [9.17, 15) is 9.59 Å². The Bertz CT molecular complexity index is 555. The number of allylic oxidation sites excluding steroid dienone is 1. The minimum atomic E-state index is -0.506. The average molecular weight is 320 g/mol. The zero-order chi connectivity index (χ0) is 17.1. The molecular weight excluding hydrogens is 296 g/mol. The third-order valence-electron chi connectivity index (χ3n) is 2.82. The zero-order valence-corrected chi connectivity index (χ0v) is 13.8. The number of benzene rings is 1. The monoisotopic (exact) mass is 320 g/mol. The first-order valence-electron chi connectivity index (χ1n) is 7.73. The Hall–Kier alpha value is -2.50. The summed E-state index contributed by atoms with van der Waals surface area (Å²) in [7, 11) is 0. The van der Waals surface area contributed by atoms with Gasteiger partial charge in [0, 0.05) is 24.4 Å². The van der Waals surface area contributed by atoms with E-state index in [0.29, 0.717) is 30.3 Å². The predicted octanol–water partition coefficient (Wildman–Crippen LogP) is 3.45.